The standard InChI is InChI=1S/C13H12N2.C2H7N.2C2H6/c14-8-15-12-7-6-10-5-4-9-2-1-3-11(12)13(9)10;1-3-2;2*1-2/h1-3,6-8H,4-5H2,(H2,14,15);3H,1-2H3;2*1-2H3. The molecule has 3 nitrogen and oxygen atoms in total. The zero-order valence-corrected chi connectivity index (χ0v) is 14.9. The zero-order valence-electron chi connectivity index (χ0n) is 14.9. The molecule has 0 aromatic heterocycles. The molecule has 0 saturated carbocycles. The van der Waals surface area contributed by atoms with Gasteiger partial charge in [-0.2, -0.15) is 0 Å². The lowest BCUT2D eigenvalue weighted by Crippen LogP contribution is -1.89. The van der Waals surface area contributed by atoms with Gasteiger partial charge in [0.2, 0.25) is 0 Å². The summed E-state index contributed by atoms with van der Waals surface area (Å²) in [6.07, 6.45) is 3.67. The molecule has 2 aromatic rings. The van der Waals surface area contributed by atoms with Gasteiger partial charge in [-0.15, -0.1) is 0 Å². The minimum Gasteiger partial charge on any atom is -0.390 e. The Labute approximate surface area is 135 Å². The maximum absolute atomic E-state index is 5.35. The number of hydrogen-bond acceptors (Lipinski definition) is 2. The van der Waals surface area contributed by atoms with Crippen LogP contribution in [-0.2, 0) is 12.8 Å². The highest BCUT2D eigenvalue weighted by Gasteiger charge is 2.14. The average molecular weight is 301 g/mol. The summed E-state index contributed by atoms with van der Waals surface area (Å²) in [5.74, 6) is 0. The second kappa shape index (κ2) is 11.8. The summed E-state index contributed by atoms with van der Waals surface area (Å²) < 4.78 is 0. The highest BCUT2D eigenvalue weighted by atomic mass is 14.8. The SMILES string of the molecule is CC.CC.CNC.NC=Nc1ccc2c3c(cccc13)CC2. The van der Waals surface area contributed by atoms with E-state index < -0.39 is 0 Å². The minimum absolute atomic E-state index is 0.972. The first kappa shape index (κ1) is 20.1. The summed E-state index contributed by atoms with van der Waals surface area (Å²) in [6.45, 7) is 8.00. The van der Waals surface area contributed by atoms with Crippen molar-refractivity contribution in [3.63, 3.8) is 0 Å². The summed E-state index contributed by atoms with van der Waals surface area (Å²) >= 11 is 0. The summed E-state index contributed by atoms with van der Waals surface area (Å²) in [7, 11) is 3.75. The molecule has 3 rings (SSSR count). The fourth-order valence-electron chi connectivity index (χ4n) is 2.42. The zero-order chi connectivity index (χ0) is 17.0. The van der Waals surface area contributed by atoms with Crippen molar-refractivity contribution in [2.24, 2.45) is 10.7 Å². The molecule has 0 spiro atoms. The van der Waals surface area contributed by atoms with Crippen LogP contribution in [-0.4, -0.2) is 20.4 Å². The Morgan fingerprint density at radius 1 is 0.955 bits per heavy atom. The molecular weight excluding hydrogens is 270 g/mol. The fraction of sp³-hybridized carbons (Fsp3) is 0.421. The van der Waals surface area contributed by atoms with E-state index in [-0.39, 0.29) is 0 Å². The van der Waals surface area contributed by atoms with E-state index in [0.717, 1.165) is 18.5 Å². The molecule has 1 aliphatic rings. The molecule has 0 atom stereocenters. The molecule has 22 heavy (non-hydrogen) atoms. The van der Waals surface area contributed by atoms with Crippen LogP contribution in [0.5, 0.6) is 0 Å². The van der Waals surface area contributed by atoms with Crippen molar-refractivity contribution in [1.29, 1.82) is 0 Å². The van der Waals surface area contributed by atoms with Crippen LogP contribution >= 0.6 is 0 Å². The van der Waals surface area contributed by atoms with Crippen molar-refractivity contribution in [3.05, 3.63) is 41.5 Å². The molecule has 3 N–H and O–H groups in total. The smallest absolute Gasteiger partial charge is 0.0860 e. The largest absolute Gasteiger partial charge is 0.390 e. The predicted molar refractivity (Wildman–Crippen MR) is 101 cm³/mol. The quantitative estimate of drug-likeness (QED) is 0.604. The Balaban J connectivity index is 0.000000553. The van der Waals surface area contributed by atoms with Gasteiger partial charge in [0.15, 0.2) is 0 Å². The Kier molecular flexibility index (Phi) is 10.8. The number of nitrogens with zero attached hydrogens (tertiary/aromatic N) is 1. The van der Waals surface area contributed by atoms with Gasteiger partial charge >= 0.3 is 0 Å². The molecule has 1 aliphatic carbocycles. The third-order valence-electron chi connectivity index (χ3n) is 3.07. The highest BCUT2D eigenvalue weighted by molar-refractivity contribution is 5.99. The van der Waals surface area contributed by atoms with Crippen molar-refractivity contribution in [2.75, 3.05) is 14.1 Å². The predicted octanol–water partition coefficient (Wildman–Crippen LogP) is 4.44. The van der Waals surface area contributed by atoms with Crippen LogP contribution < -0.4 is 11.1 Å². The van der Waals surface area contributed by atoms with Gasteiger partial charge in [-0.1, -0.05) is 52.0 Å². The Bertz CT molecular complexity index is 564. The number of hydrogen-bond donors (Lipinski definition) is 2. The molecule has 2 aromatic carbocycles. The monoisotopic (exact) mass is 301 g/mol. The van der Waals surface area contributed by atoms with Gasteiger partial charge < -0.3 is 11.1 Å². The maximum atomic E-state index is 5.35. The molecule has 122 valence electrons. The summed E-state index contributed by atoms with van der Waals surface area (Å²) in [5, 5.41) is 5.37. The van der Waals surface area contributed by atoms with Gasteiger partial charge in [-0.25, -0.2) is 4.99 Å². The molecule has 0 aliphatic heterocycles. The van der Waals surface area contributed by atoms with E-state index in [2.05, 4.69) is 40.6 Å². The van der Waals surface area contributed by atoms with E-state index in [0.29, 0.717) is 0 Å². The second-order valence-corrected chi connectivity index (χ2v) is 4.36. The van der Waals surface area contributed by atoms with Crippen LogP contribution in [0.1, 0.15) is 38.8 Å². The third-order valence-corrected chi connectivity index (χ3v) is 3.07. The molecule has 0 saturated heterocycles. The molecular formula is C19H31N3. The molecule has 3 heteroatoms. The summed E-state index contributed by atoms with van der Waals surface area (Å²) in [4.78, 5) is 4.20. The van der Waals surface area contributed by atoms with Crippen LogP contribution in [0.4, 0.5) is 5.69 Å². The number of benzene rings is 2. The van der Waals surface area contributed by atoms with E-state index >= 15 is 0 Å². The number of rotatable bonds is 1. The van der Waals surface area contributed by atoms with Gasteiger partial charge in [0, 0.05) is 5.39 Å². The summed E-state index contributed by atoms with van der Waals surface area (Å²) in [6, 6.07) is 10.6. The summed E-state index contributed by atoms with van der Waals surface area (Å²) in [5.41, 5.74) is 9.21. The van der Waals surface area contributed by atoms with E-state index in [1.807, 2.05) is 41.8 Å². The van der Waals surface area contributed by atoms with Crippen molar-refractivity contribution >= 4 is 22.8 Å². The lowest BCUT2D eigenvalue weighted by Gasteiger charge is -2.04. The van der Waals surface area contributed by atoms with Crippen LogP contribution in [0.15, 0.2) is 35.3 Å². The average Bonchev–Trinajstić information content (AvgIpc) is 3.00. The van der Waals surface area contributed by atoms with E-state index in [1.165, 1.54) is 28.2 Å². The molecule has 0 radical (unpaired) electrons. The van der Waals surface area contributed by atoms with Gasteiger partial charge in [0.1, 0.15) is 0 Å². The van der Waals surface area contributed by atoms with Gasteiger partial charge in [0.25, 0.3) is 0 Å². The molecule has 0 amide bonds. The van der Waals surface area contributed by atoms with Crippen molar-refractivity contribution in [1.82, 2.24) is 5.32 Å². The lowest BCUT2D eigenvalue weighted by molar-refractivity contribution is 1.02. The maximum Gasteiger partial charge on any atom is 0.0860 e. The first-order valence-electron chi connectivity index (χ1n) is 8.18. The first-order chi connectivity index (χ1) is 10.8. The van der Waals surface area contributed by atoms with Gasteiger partial charge in [0.05, 0.1) is 12.0 Å². The van der Waals surface area contributed by atoms with Crippen LogP contribution in [0, 0.1) is 0 Å². The number of nitrogens with one attached hydrogen (secondary N) is 1. The molecule has 0 fully saturated rings. The van der Waals surface area contributed by atoms with Crippen molar-refractivity contribution in [2.45, 2.75) is 40.5 Å². The van der Waals surface area contributed by atoms with Crippen molar-refractivity contribution < 1.29 is 0 Å². The highest BCUT2D eigenvalue weighted by Crippen LogP contribution is 2.35. The van der Waals surface area contributed by atoms with Crippen LogP contribution in [0.2, 0.25) is 0 Å². The van der Waals surface area contributed by atoms with E-state index in [4.69, 9.17) is 5.73 Å². The minimum atomic E-state index is 0.972. The van der Waals surface area contributed by atoms with Gasteiger partial charge in [-0.05, 0) is 49.5 Å². The number of nitrogens with two attached hydrogens (primary N) is 1. The third kappa shape index (κ3) is 4.85. The normalized spacial score (nSPS) is 11.0. The van der Waals surface area contributed by atoms with E-state index in [9.17, 15) is 0 Å². The van der Waals surface area contributed by atoms with Crippen LogP contribution in [0.3, 0.4) is 0 Å². The number of aliphatic imine (C=N–C) groups is 1. The van der Waals surface area contributed by atoms with Gasteiger partial charge in [-0.3, -0.25) is 0 Å². The van der Waals surface area contributed by atoms with E-state index in [1.54, 1.807) is 0 Å². The van der Waals surface area contributed by atoms with Crippen molar-refractivity contribution in [3.8, 4) is 0 Å². The number of aryl methyl sites for hydroxylation is 2. The molecule has 0 unspecified atom stereocenters. The fourth-order valence-corrected chi connectivity index (χ4v) is 2.42. The Morgan fingerprint density at radius 2 is 1.50 bits per heavy atom. The molecule has 0 bridgehead atoms. The van der Waals surface area contributed by atoms with Crippen LogP contribution in [0.25, 0.3) is 10.8 Å². The second-order valence-electron chi connectivity index (χ2n) is 4.36. The Morgan fingerprint density at radius 3 is 2.05 bits per heavy atom. The topological polar surface area (TPSA) is 50.4 Å². The first-order valence-corrected chi connectivity index (χ1v) is 8.18. The lowest BCUT2D eigenvalue weighted by atomic mass is 10.0. The Hall–Kier alpha value is -1.87. The molecule has 0 heterocycles.